The summed E-state index contributed by atoms with van der Waals surface area (Å²) in [5.41, 5.74) is -0.246. The number of carboxylic acid groups (broad SMARTS) is 1. The Morgan fingerprint density at radius 2 is 1.68 bits per heavy atom. The van der Waals surface area contributed by atoms with E-state index in [2.05, 4.69) is 16.0 Å². The van der Waals surface area contributed by atoms with Crippen LogP contribution in [0.2, 0.25) is 0 Å². The molecule has 0 aromatic heterocycles. The van der Waals surface area contributed by atoms with Crippen molar-refractivity contribution in [1.29, 1.82) is 0 Å². The second-order valence-corrected chi connectivity index (χ2v) is 7.26. The summed E-state index contributed by atoms with van der Waals surface area (Å²) in [6, 6.07) is 6.29. The molecule has 1 unspecified atom stereocenters. The Labute approximate surface area is 162 Å². The molecule has 0 radical (unpaired) electrons. The minimum Gasteiger partial charge on any atom is -0.481 e. The lowest BCUT2D eigenvalue weighted by Gasteiger charge is -2.30. The average Bonchev–Trinajstić information content (AvgIpc) is 2.62. The molecule has 0 saturated carbocycles. The number of aliphatic carboxylic acids is 1. The summed E-state index contributed by atoms with van der Waals surface area (Å²) in [5.74, 6) is -2.96. The Bertz CT molecular complexity index is 727. The van der Waals surface area contributed by atoms with Crippen LogP contribution in [0.5, 0.6) is 0 Å². The Balaban J connectivity index is 2.70. The first kappa shape index (κ1) is 22.8. The van der Waals surface area contributed by atoms with Crippen LogP contribution in [0.25, 0.3) is 0 Å². The van der Waals surface area contributed by atoms with Gasteiger partial charge in [-0.15, -0.1) is 0 Å². The normalized spacial score (nSPS) is 13.0. The number of carbonyl (C=O) groups excluding carboxylic acids is 4. The second-order valence-electron chi connectivity index (χ2n) is 7.26. The van der Waals surface area contributed by atoms with Crippen LogP contribution in [-0.4, -0.2) is 53.7 Å². The van der Waals surface area contributed by atoms with Crippen LogP contribution < -0.4 is 16.0 Å². The number of aldehydes is 1. The maximum Gasteiger partial charge on any atom is 0.305 e. The van der Waals surface area contributed by atoms with Crippen molar-refractivity contribution >= 4 is 30.0 Å². The van der Waals surface area contributed by atoms with Gasteiger partial charge in [-0.3, -0.25) is 19.2 Å². The summed E-state index contributed by atoms with van der Waals surface area (Å²) < 4.78 is 0. The highest BCUT2D eigenvalue weighted by atomic mass is 16.4. The summed E-state index contributed by atoms with van der Waals surface area (Å²) in [5, 5.41) is 15.9. The molecule has 0 saturated heterocycles. The van der Waals surface area contributed by atoms with Crippen LogP contribution in [0.15, 0.2) is 30.3 Å². The number of carbonyl (C=O) groups is 5. The van der Waals surface area contributed by atoms with E-state index in [1.807, 2.05) is 0 Å². The minimum atomic E-state index is -1.24. The standard InChI is InChI=1S/C19H25N3O6/c1-19(2,3)16(22-17(27)12-7-5-4-6-8-12)18(28)20-10-14(24)21-13(11-23)9-15(25)26/h4-8,11,13,16H,9-10H2,1-3H3,(H,20,28)(H,21,24)(H,22,27)(H,25,26)/t13-,16?/m0/s1. The van der Waals surface area contributed by atoms with Crippen molar-refractivity contribution in [3.63, 3.8) is 0 Å². The van der Waals surface area contributed by atoms with Gasteiger partial charge in [-0.2, -0.15) is 0 Å². The molecule has 1 aromatic carbocycles. The van der Waals surface area contributed by atoms with Gasteiger partial charge in [0.2, 0.25) is 11.8 Å². The van der Waals surface area contributed by atoms with Crippen molar-refractivity contribution in [2.24, 2.45) is 5.41 Å². The fourth-order valence-corrected chi connectivity index (χ4v) is 2.33. The minimum absolute atomic E-state index is 0.311. The zero-order chi connectivity index (χ0) is 21.3. The summed E-state index contributed by atoms with van der Waals surface area (Å²) in [7, 11) is 0. The molecule has 28 heavy (non-hydrogen) atoms. The van der Waals surface area contributed by atoms with Gasteiger partial charge < -0.3 is 25.9 Å². The summed E-state index contributed by atoms with van der Waals surface area (Å²) in [6.07, 6.45) is -0.243. The predicted octanol–water partition coefficient (Wildman–Crippen LogP) is 0.106. The van der Waals surface area contributed by atoms with E-state index in [1.165, 1.54) is 0 Å². The summed E-state index contributed by atoms with van der Waals surface area (Å²) in [4.78, 5) is 58.2. The van der Waals surface area contributed by atoms with E-state index < -0.39 is 54.2 Å². The van der Waals surface area contributed by atoms with Crippen molar-refractivity contribution in [2.45, 2.75) is 39.3 Å². The molecule has 0 spiro atoms. The zero-order valence-corrected chi connectivity index (χ0v) is 16.0. The predicted molar refractivity (Wildman–Crippen MR) is 100 cm³/mol. The summed E-state index contributed by atoms with van der Waals surface area (Å²) in [6.45, 7) is 4.82. The molecule has 2 atom stereocenters. The highest BCUT2D eigenvalue weighted by molar-refractivity contribution is 5.98. The molecule has 0 bridgehead atoms. The van der Waals surface area contributed by atoms with Crippen molar-refractivity contribution in [1.82, 2.24) is 16.0 Å². The summed E-state index contributed by atoms with van der Waals surface area (Å²) >= 11 is 0. The second kappa shape index (κ2) is 10.2. The van der Waals surface area contributed by atoms with Gasteiger partial charge in [-0.05, 0) is 17.5 Å². The molecule has 0 aliphatic rings. The third-order valence-electron chi connectivity index (χ3n) is 3.77. The maximum atomic E-state index is 12.5. The molecule has 0 aliphatic carbocycles. The Hall–Kier alpha value is -3.23. The van der Waals surface area contributed by atoms with Crippen molar-refractivity contribution in [3.05, 3.63) is 35.9 Å². The van der Waals surface area contributed by atoms with Gasteiger partial charge in [0.05, 0.1) is 19.0 Å². The third-order valence-corrected chi connectivity index (χ3v) is 3.77. The molecule has 9 heteroatoms. The first-order valence-electron chi connectivity index (χ1n) is 8.64. The van der Waals surface area contributed by atoms with Gasteiger partial charge >= 0.3 is 5.97 Å². The molecule has 4 N–H and O–H groups in total. The molecule has 152 valence electrons. The van der Waals surface area contributed by atoms with Crippen LogP contribution >= 0.6 is 0 Å². The molecular formula is C19H25N3O6. The Kier molecular flexibility index (Phi) is 8.30. The van der Waals surface area contributed by atoms with E-state index in [1.54, 1.807) is 51.1 Å². The van der Waals surface area contributed by atoms with E-state index in [4.69, 9.17) is 5.11 Å². The monoisotopic (exact) mass is 391 g/mol. The van der Waals surface area contributed by atoms with Gasteiger partial charge in [0.25, 0.3) is 5.91 Å². The highest BCUT2D eigenvalue weighted by Gasteiger charge is 2.33. The molecular weight excluding hydrogens is 366 g/mol. The van der Waals surface area contributed by atoms with Gasteiger partial charge in [0.15, 0.2) is 0 Å². The van der Waals surface area contributed by atoms with Crippen LogP contribution in [-0.2, 0) is 19.2 Å². The van der Waals surface area contributed by atoms with Gasteiger partial charge in [0, 0.05) is 5.56 Å². The number of hydrogen-bond donors (Lipinski definition) is 4. The molecule has 0 heterocycles. The van der Waals surface area contributed by atoms with E-state index in [0.717, 1.165) is 0 Å². The van der Waals surface area contributed by atoms with Crippen LogP contribution in [0.4, 0.5) is 0 Å². The van der Waals surface area contributed by atoms with E-state index in [-0.39, 0.29) is 0 Å². The lowest BCUT2D eigenvalue weighted by Crippen LogP contribution is -2.55. The molecule has 3 amide bonds. The van der Waals surface area contributed by atoms with E-state index in [9.17, 15) is 24.0 Å². The zero-order valence-electron chi connectivity index (χ0n) is 16.0. The smallest absolute Gasteiger partial charge is 0.305 e. The largest absolute Gasteiger partial charge is 0.481 e. The lowest BCUT2D eigenvalue weighted by molar-refractivity contribution is -0.139. The number of nitrogens with one attached hydrogen (secondary N) is 3. The molecule has 1 aromatic rings. The number of hydrogen-bond acceptors (Lipinski definition) is 5. The number of carboxylic acids is 1. The highest BCUT2D eigenvalue weighted by Crippen LogP contribution is 2.20. The van der Waals surface area contributed by atoms with Crippen LogP contribution in [0.1, 0.15) is 37.6 Å². The van der Waals surface area contributed by atoms with Gasteiger partial charge in [0.1, 0.15) is 12.3 Å². The fraction of sp³-hybridized carbons (Fsp3) is 0.421. The molecule has 9 nitrogen and oxygen atoms in total. The number of amides is 3. The first-order valence-corrected chi connectivity index (χ1v) is 8.64. The van der Waals surface area contributed by atoms with E-state index >= 15 is 0 Å². The maximum absolute atomic E-state index is 12.5. The van der Waals surface area contributed by atoms with Crippen molar-refractivity contribution < 1.29 is 29.1 Å². The Morgan fingerprint density at radius 3 is 2.18 bits per heavy atom. The molecule has 0 fully saturated rings. The number of rotatable bonds is 9. The lowest BCUT2D eigenvalue weighted by atomic mass is 9.86. The quantitative estimate of drug-likeness (QED) is 0.440. The first-order chi connectivity index (χ1) is 13.0. The average molecular weight is 391 g/mol. The van der Waals surface area contributed by atoms with Crippen molar-refractivity contribution in [2.75, 3.05) is 6.54 Å². The third kappa shape index (κ3) is 7.56. The fourth-order valence-electron chi connectivity index (χ4n) is 2.33. The van der Waals surface area contributed by atoms with Gasteiger partial charge in [-0.25, -0.2) is 0 Å². The SMILES string of the molecule is CC(C)(C)C(NC(=O)c1ccccc1)C(=O)NCC(=O)N[C@H](C=O)CC(=O)O. The molecule has 0 aliphatic heterocycles. The van der Waals surface area contributed by atoms with Crippen LogP contribution in [0, 0.1) is 5.41 Å². The van der Waals surface area contributed by atoms with Gasteiger partial charge in [-0.1, -0.05) is 39.0 Å². The Morgan fingerprint density at radius 1 is 1.07 bits per heavy atom. The van der Waals surface area contributed by atoms with Crippen LogP contribution in [0.3, 0.4) is 0 Å². The topological polar surface area (TPSA) is 142 Å². The van der Waals surface area contributed by atoms with Crippen molar-refractivity contribution in [3.8, 4) is 0 Å². The molecule has 1 rings (SSSR count). The van der Waals surface area contributed by atoms with E-state index in [0.29, 0.717) is 11.8 Å². The number of benzene rings is 1.